The molecule has 7 heteroatoms. The van der Waals surface area contributed by atoms with Crippen LogP contribution in [0, 0.1) is 11.3 Å². The Morgan fingerprint density at radius 2 is 1.76 bits per heavy atom. The summed E-state index contributed by atoms with van der Waals surface area (Å²) in [6, 6.07) is 23.7. The van der Waals surface area contributed by atoms with E-state index in [1.807, 2.05) is 24.3 Å². The summed E-state index contributed by atoms with van der Waals surface area (Å²) in [5.74, 6) is 0.163. The Bertz CT molecular complexity index is 1500. The van der Waals surface area contributed by atoms with Gasteiger partial charge in [-0.2, -0.15) is 5.26 Å². The summed E-state index contributed by atoms with van der Waals surface area (Å²) in [7, 11) is 0. The molecule has 1 unspecified atom stereocenters. The molecule has 1 aliphatic heterocycles. The number of hydrogen-bond acceptors (Lipinski definition) is 6. The van der Waals surface area contributed by atoms with Crippen molar-refractivity contribution in [2.24, 2.45) is 5.73 Å². The first-order valence-corrected chi connectivity index (χ1v) is 10.5. The molecule has 162 valence electrons. The molecule has 2 N–H and O–H groups in total. The van der Waals surface area contributed by atoms with Crippen LogP contribution in [0.5, 0.6) is 11.5 Å². The first-order chi connectivity index (χ1) is 16.1. The van der Waals surface area contributed by atoms with Crippen molar-refractivity contribution in [3.63, 3.8) is 0 Å². The van der Waals surface area contributed by atoms with Gasteiger partial charge in [-0.3, -0.25) is 0 Å². The molecule has 0 fully saturated rings. The van der Waals surface area contributed by atoms with E-state index >= 15 is 0 Å². The van der Waals surface area contributed by atoms with Gasteiger partial charge in [0.15, 0.2) is 5.75 Å². The van der Waals surface area contributed by atoms with Crippen LogP contribution in [0.1, 0.15) is 22.6 Å². The van der Waals surface area contributed by atoms with Gasteiger partial charge in [0.1, 0.15) is 29.6 Å². The fourth-order valence-electron chi connectivity index (χ4n) is 3.93. The van der Waals surface area contributed by atoms with Crippen molar-refractivity contribution in [3.05, 3.63) is 116 Å². The van der Waals surface area contributed by atoms with Crippen molar-refractivity contribution in [3.8, 4) is 17.6 Å². The van der Waals surface area contributed by atoms with Crippen molar-refractivity contribution < 1.29 is 13.9 Å². The van der Waals surface area contributed by atoms with Gasteiger partial charge < -0.3 is 19.6 Å². The van der Waals surface area contributed by atoms with Crippen molar-refractivity contribution in [1.29, 1.82) is 5.26 Å². The van der Waals surface area contributed by atoms with E-state index in [2.05, 4.69) is 6.07 Å². The molecule has 0 spiro atoms. The molecule has 33 heavy (non-hydrogen) atoms. The maximum atomic E-state index is 12.9. The van der Waals surface area contributed by atoms with Crippen LogP contribution in [-0.2, 0) is 6.61 Å². The predicted octanol–water partition coefficient (Wildman–Crippen LogP) is 5.24. The van der Waals surface area contributed by atoms with Crippen molar-refractivity contribution in [1.82, 2.24) is 0 Å². The van der Waals surface area contributed by atoms with Gasteiger partial charge in [-0.1, -0.05) is 54.1 Å². The smallest absolute Gasteiger partial charge is 0.344 e. The number of benzene rings is 3. The lowest BCUT2D eigenvalue weighted by atomic mass is 9.84. The largest absolute Gasteiger partial charge is 0.489 e. The summed E-state index contributed by atoms with van der Waals surface area (Å²) in [5.41, 5.74) is 7.85. The number of halogens is 1. The summed E-state index contributed by atoms with van der Waals surface area (Å²) < 4.78 is 17.1. The molecule has 0 saturated carbocycles. The monoisotopic (exact) mass is 456 g/mol. The van der Waals surface area contributed by atoms with Crippen molar-refractivity contribution in [2.45, 2.75) is 12.5 Å². The van der Waals surface area contributed by atoms with E-state index < -0.39 is 11.5 Å². The maximum absolute atomic E-state index is 12.9. The molecule has 0 amide bonds. The molecular weight excluding hydrogens is 440 g/mol. The highest BCUT2D eigenvalue weighted by Crippen LogP contribution is 2.43. The second kappa shape index (κ2) is 8.38. The zero-order valence-electron chi connectivity index (χ0n) is 17.2. The van der Waals surface area contributed by atoms with Crippen molar-refractivity contribution in [2.75, 3.05) is 0 Å². The van der Waals surface area contributed by atoms with Crippen LogP contribution in [0.4, 0.5) is 0 Å². The third-order valence-corrected chi connectivity index (χ3v) is 5.91. The van der Waals surface area contributed by atoms with E-state index in [1.165, 1.54) is 0 Å². The van der Waals surface area contributed by atoms with Crippen LogP contribution in [0.15, 0.2) is 93.5 Å². The van der Waals surface area contributed by atoms with Gasteiger partial charge >= 0.3 is 5.63 Å². The summed E-state index contributed by atoms with van der Waals surface area (Å²) >= 11 is 6.19. The third-order valence-electron chi connectivity index (χ3n) is 5.54. The summed E-state index contributed by atoms with van der Waals surface area (Å²) in [5, 5.41) is 11.0. The fraction of sp³-hybridized carbons (Fsp3) is 0.0769. The minimum absolute atomic E-state index is 0.0372. The molecular formula is C26H17ClN2O4. The molecule has 2 heterocycles. The number of ether oxygens (including phenoxy) is 2. The van der Waals surface area contributed by atoms with Gasteiger partial charge in [0.2, 0.25) is 5.88 Å². The lowest BCUT2D eigenvalue weighted by Gasteiger charge is -2.26. The Morgan fingerprint density at radius 1 is 1.03 bits per heavy atom. The molecule has 1 atom stereocenters. The first-order valence-electron chi connectivity index (χ1n) is 10.2. The minimum Gasteiger partial charge on any atom is -0.489 e. The van der Waals surface area contributed by atoms with Crippen LogP contribution in [0.25, 0.3) is 11.0 Å². The van der Waals surface area contributed by atoms with Gasteiger partial charge in [-0.05, 0) is 35.9 Å². The number of nitrogens with two attached hydrogens (primary N) is 1. The highest BCUT2D eigenvalue weighted by molar-refractivity contribution is 6.31. The van der Waals surface area contributed by atoms with Crippen LogP contribution in [0.3, 0.4) is 0 Å². The normalized spacial score (nSPS) is 15.0. The molecule has 0 saturated heterocycles. The topological polar surface area (TPSA) is 98.5 Å². The number of rotatable bonds is 4. The van der Waals surface area contributed by atoms with E-state index in [1.54, 1.807) is 48.5 Å². The standard InChI is InChI=1S/C26H17ClN2O4/c27-20-7-3-1-5-16(20)14-31-17-11-9-15(10-12-17)22-19(13-28)25(29)33-24-18-6-2-4-8-21(18)32-26(30)23(22)24/h1-12,22H,14,29H2. The van der Waals surface area contributed by atoms with E-state index in [0.29, 0.717) is 39.7 Å². The molecule has 3 aromatic carbocycles. The predicted molar refractivity (Wildman–Crippen MR) is 124 cm³/mol. The zero-order chi connectivity index (χ0) is 22.9. The van der Waals surface area contributed by atoms with Gasteiger partial charge in [0.05, 0.1) is 16.9 Å². The number of hydrogen-bond donors (Lipinski definition) is 1. The number of allylic oxidation sites excluding steroid dienone is 1. The van der Waals surface area contributed by atoms with Crippen molar-refractivity contribution >= 4 is 22.6 Å². The SMILES string of the molecule is N#CC1=C(N)Oc2c(c(=O)oc3ccccc23)C1c1ccc(OCc2ccccc2Cl)cc1. The third kappa shape index (κ3) is 3.69. The minimum atomic E-state index is -0.725. The van der Waals surface area contributed by atoms with Crippen LogP contribution >= 0.6 is 11.6 Å². The molecule has 6 nitrogen and oxygen atoms in total. The molecule has 0 radical (unpaired) electrons. The number of nitrogens with zero attached hydrogens (tertiary/aromatic N) is 1. The van der Waals surface area contributed by atoms with Crippen LogP contribution in [-0.4, -0.2) is 0 Å². The van der Waals surface area contributed by atoms with Crippen LogP contribution < -0.4 is 20.8 Å². The highest BCUT2D eigenvalue weighted by atomic mass is 35.5. The fourth-order valence-corrected chi connectivity index (χ4v) is 4.12. The lowest BCUT2D eigenvalue weighted by Crippen LogP contribution is -2.26. The van der Waals surface area contributed by atoms with Crippen LogP contribution in [0.2, 0.25) is 5.02 Å². The summed E-state index contributed by atoms with van der Waals surface area (Å²) in [6.45, 7) is 0.311. The average Bonchev–Trinajstić information content (AvgIpc) is 2.83. The van der Waals surface area contributed by atoms with E-state index in [0.717, 1.165) is 5.56 Å². The van der Waals surface area contributed by atoms with Gasteiger partial charge in [0, 0.05) is 10.6 Å². The Kier molecular flexibility index (Phi) is 5.25. The second-order valence-corrected chi connectivity index (χ2v) is 7.91. The first kappa shape index (κ1) is 20.7. The number of para-hydroxylation sites is 1. The molecule has 0 aliphatic carbocycles. The highest BCUT2D eigenvalue weighted by Gasteiger charge is 2.35. The molecule has 0 bridgehead atoms. The Labute approximate surface area is 194 Å². The lowest BCUT2D eigenvalue weighted by molar-refractivity contribution is 0.306. The summed E-state index contributed by atoms with van der Waals surface area (Å²) in [6.07, 6.45) is 0. The molecule has 4 aromatic rings. The molecule has 1 aliphatic rings. The zero-order valence-corrected chi connectivity index (χ0v) is 18.0. The molecule has 1 aromatic heterocycles. The van der Waals surface area contributed by atoms with E-state index in [4.69, 9.17) is 31.2 Å². The Hall–Kier alpha value is -4.21. The van der Waals surface area contributed by atoms with E-state index in [9.17, 15) is 10.1 Å². The van der Waals surface area contributed by atoms with Gasteiger partial charge in [-0.25, -0.2) is 4.79 Å². The maximum Gasteiger partial charge on any atom is 0.344 e. The average molecular weight is 457 g/mol. The quantitative estimate of drug-likeness (QED) is 0.421. The van der Waals surface area contributed by atoms with Gasteiger partial charge in [0.25, 0.3) is 0 Å². The van der Waals surface area contributed by atoms with Gasteiger partial charge in [-0.15, -0.1) is 0 Å². The van der Waals surface area contributed by atoms with E-state index in [-0.39, 0.29) is 17.0 Å². The molecule has 5 rings (SSSR count). The Morgan fingerprint density at radius 3 is 2.52 bits per heavy atom. The Balaban J connectivity index is 1.53. The second-order valence-electron chi connectivity index (χ2n) is 7.50. The number of fused-ring (bicyclic) bond motifs is 3. The summed E-state index contributed by atoms with van der Waals surface area (Å²) in [4.78, 5) is 12.9. The number of nitriles is 1.